The molecular formula is C21H19ClN4O3S. The van der Waals surface area contributed by atoms with Gasteiger partial charge in [-0.05, 0) is 43.9 Å². The van der Waals surface area contributed by atoms with Crippen molar-refractivity contribution in [2.75, 3.05) is 11.1 Å². The minimum Gasteiger partial charge on any atom is -0.324 e. The van der Waals surface area contributed by atoms with Gasteiger partial charge < -0.3 is 5.32 Å². The van der Waals surface area contributed by atoms with Crippen molar-refractivity contribution in [1.29, 1.82) is 0 Å². The van der Waals surface area contributed by atoms with Crippen molar-refractivity contribution in [2.24, 2.45) is 0 Å². The monoisotopic (exact) mass is 442 g/mol. The third kappa shape index (κ3) is 4.34. The Bertz CT molecular complexity index is 1100. The number of aromatic nitrogens is 2. The van der Waals surface area contributed by atoms with Crippen LogP contribution in [0.4, 0.5) is 11.4 Å². The van der Waals surface area contributed by atoms with E-state index in [-0.39, 0.29) is 22.4 Å². The zero-order chi connectivity index (χ0) is 21.1. The Balaban J connectivity index is 1.51. The van der Waals surface area contributed by atoms with Crippen LogP contribution in [0.3, 0.4) is 0 Å². The number of carbonyl (C=O) groups excluding carboxylic acids is 1. The van der Waals surface area contributed by atoms with Crippen LogP contribution < -0.4 is 5.32 Å². The van der Waals surface area contributed by atoms with E-state index in [4.69, 9.17) is 16.6 Å². The van der Waals surface area contributed by atoms with E-state index < -0.39 is 4.92 Å². The van der Waals surface area contributed by atoms with Gasteiger partial charge in [0.1, 0.15) is 0 Å². The summed E-state index contributed by atoms with van der Waals surface area (Å²) in [6.07, 6.45) is 4.19. The summed E-state index contributed by atoms with van der Waals surface area (Å²) in [6, 6.07) is 14.0. The van der Waals surface area contributed by atoms with Crippen LogP contribution in [-0.4, -0.2) is 26.1 Å². The summed E-state index contributed by atoms with van der Waals surface area (Å²) in [6.45, 7) is 0. The van der Waals surface area contributed by atoms with Crippen LogP contribution >= 0.6 is 23.4 Å². The zero-order valence-corrected chi connectivity index (χ0v) is 17.6. The number of benzene rings is 2. The summed E-state index contributed by atoms with van der Waals surface area (Å²) in [5.41, 5.74) is 3.58. The SMILES string of the molecule is O=C(CSc1nc2c(n1-c1ccccc1)CCCC2)Nc1ccc([N+](=O)[O-])cc1Cl. The van der Waals surface area contributed by atoms with Crippen LogP contribution in [0.1, 0.15) is 24.2 Å². The maximum Gasteiger partial charge on any atom is 0.271 e. The van der Waals surface area contributed by atoms with E-state index in [1.807, 2.05) is 30.3 Å². The van der Waals surface area contributed by atoms with Crippen molar-refractivity contribution in [1.82, 2.24) is 9.55 Å². The molecule has 1 aliphatic rings. The van der Waals surface area contributed by atoms with Gasteiger partial charge >= 0.3 is 0 Å². The molecule has 1 aromatic heterocycles. The molecule has 0 fully saturated rings. The summed E-state index contributed by atoms with van der Waals surface area (Å²) in [5.74, 6) is -0.105. The first-order valence-corrected chi connectivity index (χ1v) is 10.9. The van der Waals surface area contributed by atoms with Gasteiger partial charge in [0, 0.05) is 23.5 Å². The first-order chi connectivity index (χ1) is 14.5. The number of nitro groups is 1. The van der Waals surface area contributed by atoms with Gasteiger partial charge in [0.15, 0.2) is 5.16 Å². The second kappa shape index (κ2) is 8.89. The smallest absolute Gasteiger partial charge is 0.271 e. The average molecular weight is 443 g/mol. The summed E-state index contributed by atoms with van der Waals surface area (Å²) >= 11 is 7.43. The largest absolute Gasteiger partial charge is 0.324 e. The number of hydrogen-bond acceptors (Lipinski definition) is 5. The second-order valence-corrected chi connectivity index (χ2v) is 8.27. The lowest BCUT2D eigenvalue weighted by Gasteiger charge is -2.15. The lowest BCUT2D eigenvalue weighted by molar-refractivity contribution is -0.384. The number of carbonyl (C=O) groups is 1. The molecule has 1 aliphatic carbocycles. The van der Waals surface area contributed by atoms with E-state index in [2.05, 4.69) is 9.88 Å². The Labute approximate surface area is 182 Å². The molecule has 0 saturated carbocycles. The van der Waals surface area contributed by atoms with Gasteiger partial charge in [-0.15, -0.1) is 0 Å². The first-order valence-electron chi connectivity index (χ1n) is 9.55. The number of hydrogen-bond donors (Lipinski definition) is 1. The van der Waals surface area contributed by atoms with E-state index in [9.17, 15) is 14.9 Å². The fraction of sp³-hybridized carbons (Fsp3) is 0.238. The van der Waals surface area contributed by atoms with Crippen molar-refractivity contribution in [3.8, 4) is 5.69 Å². The van der Waals surface area contributed by atoms with Crippen LogP contribution in [0.5, 0.6) is 0 Å². The molecule has 154 valence electrons. The quantitative estimate of drug-likeness (QED) is 0.328. The average Bonchev–Trinajstić information content (AvgIpc) is 3.12. The molecular weight excluding hydrogens is 424 g/mol. The molecule has 3 aromatic rings. The highest BCUT2D eigenvalue weighted by atomic mass is 35.5. The van der Waals surface area contributed by atoms with Crippen LogP contribution in [0.25, 0.3) is 5.69 Å². The minimum atomic E-state index is -0.529. The molecule has 30 heavy (non-hydrogen) atoms. The number of rotatable bonds is 6. The van der Waals surface area contributed by atoms with Gasteiger partial charge in [0.05, 0.1) is 27.1 Å². The number of fused-ring (bicyclic) bond motifs is 1. The fourth-order valence-corrected chi connectivity index (χ4v) is 4.57. The van der Waals surface area contributed by atoms with E-state index in [1.165, 1.54) is 35.7 Å². The number of nitrogens with zero attached hydrogens (tertiary/aromatic N) is 3. The van der Waals surface area contributed by atoms with E-state index in [0.29, 0.717) is 5.69 Å². The van der Waals surface area contributed by atoms with Crippen molar-refractivity contribution in [3.63, 3.8) is 0 Å². The fourth-order valence-electron chi connectivity index (χ4n) is 3.49. The number of para-hydroxylation sites is 1. The number of aryl methyl sites for hydroxylation is 1. The maximum atomic E-state index is 12.5. The third-order valence-electron chi connectivity index (χ3n) is 4.89. The van der Waals surface area contributed by atoms with Gasteiger partial charge in [-0.1, -0.05) is 41.6 Å². The number of anilines is 1. The van der Waals surface area contributed by atoms with Gasteiger partial charge in [-0.2, -0.15) is 0 Å². The summed E-state index contributed by atoms with van der Waals surface area (Å²) in [5, 5.41) is 14.5. The highest BCUT2D eigenvalue weighted by Crippen LogP contribution is 2.31. The molecule has 4 rings (SSSR count). The molecule has 1 heterocycles. The molecule has 2 aromatic carbocycles. The topological polar surface area (TPSA) is 90.1 Å². The molecule has 0 unspecified atom stereocenters. The predicted molar refractivity (Wildman–Crippen MR) is 118 cm³/mol. The number of nitrogens with one attached hydrogen (secondary N) is 1. The maximum absolute atomic E-state index is 12.5. The summed E-state index contributed by atoms with van der Waals surface area (Å²) < 4.78 is 2.14. The minimum absolute atomic E-state index is 0.122. The Kier molecular flexibility index (Phi) is 6.06. The van der Waals surface area contributed by atoms with Gasteiger partial charge in [0.25, 0.3) is 5.69 Å². The lowest BCUT2D eigenvalue weighted by Crippen LogP contribution is -2.15. The van der Waals surface area contributed by atoms with Gasteiger partial charge in [-0.3, -0.25) is 19.5 Å². The Morgan fingerprint density at radius 3 is 2.70 bits per heavy atom. The van der Waals surface area contributed by atoms with Crippen molar-refractivity contribution >= 4 is 40.6 Å². The molecule has 0 saturated heterocycles. The summed E-state index contributed by atoms with van der Waals surface area (Å²) in [4.78, 5) is 27.6. The van der Waals surface area contributed by atoms with Crippen LogP contribution in [0.2, 0.25) is 5.02 Å². The lowest BCUT2D eigenvalue weighted by atomic mass is 10.0. The zero-order valence-electron chi connectivity index (χ0n) is 16.0. The third-order valence-corrected chi connectivity index (χ3v) is 6.14. The van der Waals surface area contributed by atoms with E-state index in [0.717, 1.165) is 42.2 Å². The summed E-state index contributed by atoms with van der Waals surface area (Å²) in [7, 11) is 0. The molecule has 1 amide bonds. The highest BCUT2D eigenvalue weighted by Gasteiger charge is 2.22. The molecule has 0 aliphatic heterocycles. The van der Waals surface area contributed by atoms with Crippen molar-refractivity contribution in [3.05, 3.63) is 75.1 Å². The number of amides is 1. The van der Waals surface area contributed by atoms with E-state index >= 15 is 0 Å². The Hall–Kier alpha value is -2.84. The molecule has 0 spiro atoms. The van der Waals surface area contributed by atoms with E-state index in [1.54, 1.807) is 0 Å². The number of nitro benzene ring substituents is 1. The Morgan fingerprint density at radius 2 is 1.97 bits per heavy atom. The number of non-ortho nitro benzene ring substituents is 1. The van der Waals surface area contributed by atoms with Gasteiger partial charge in [0.2, 0.25) is 5.91 Å². The van der Waals surface area contributed by atoms with Gasteiger partial charge in [-0.25, -0.2) is 4.98 Å². The molecule has 0 bridgehead atoms. The highest BCUT2D eigenvalue weighted by molar-refractivity contribution is 7.99. The predicted octanol–water partition coefficient (Wildman–Crippen LogP) is 5.04. The molecule has 1 N–H and O–H groups in total. The number of thioether (sulfide) groups is 1. The second-order valence-electron chi connectivity index (χ2n) is 6.92. The molecule has 7 nitrogen and oxygen atoms in total. The molecule has 0 radical (unpaired) electrons. The first kappa shape index (κ1) is 20.4. The van der Waals surface area contributed by atoms with Crippen molar-refractivity contribution < 1.29 is 9.72 Å². The van der Waals surface area contributed by atoms with Crippen LogP contribution in [-0.2, 0) is 17.6 Å². The molecule has 0 atom stereocenters. The number of halogens is 1. The Morgan fingerprint density at radius 1 is 1.20 bits per heavy atom. The molecule has 9 heteroatoms. The standard InChI is InChI=1S/C21H19ClN4O3S/c22-16-12-15(26(28)29)10-11-17(16)23-20(27)13-30-21-24-18-8-4-5-9-19(18)25(21)14-6-2-1-3-7-14/h1-3,6-7,10-12H,4-5,8-9,13H2,(H,23,27). The van der Waals surface area contributed by atoms with Crippen molar-refractivity contribution in [2.45, 2.75) is 30.8 Å². The van der Waals surface area contributed by atoms with Crippen LogP contribution in [0, 0.1) is 10.1 Å². The normalized spacial score (nSPS) is 13.0. The number of imidazole rings is 1. The van der Waals surface area contributed by atoms with Crippen LogP contribution in [0.15, 0.2) is 53.7 Å².